The Morgan fingerprint density at radius 3 is 2.04 bits per heavy atom. The molecule has 8 nitrogen and oxygen atoms in total. The van der Waals surface area contributed by atoms with E-state index in [0.717, 1.165) is 40.9 Å². The summed E-state index contributed by atoms with van der Waals surface area (Å²) in [5, 5.41) is 6.39. The van der Waals surface area contributed by atoms with E-state index in [9.17, 15) is 40.7 Å². The van der Waals surface area contributed by atoms with Crippen molar-refractivity contribution >= 4 is 33.5 Å². The first-order chi connectivity index (χ1) is 23.8. The number of hydrogen-bond donors (Lipinski definition) is 3. The van der Waals surface area contributed by atoms with Crippen molar-refractivity contribution in [1.82, 2.24) is 15.6 Å². The fourth-order valence-electron chi connectivity index (χ4n) is 5.12. The maximum absolute atomic E-state index is 13.2. The van der Waals surface area contributed by atoms with Crippen molar-refractivity contribution in [3.8, 4) is 16.9 Å². The van der Waals surface area contributed by atoms with E-state index in [1.807, 2.05) is 72.8 Å². The Bertz CT molecular complexity index is 2010. The molecule has 0 unspecified atom stereocenters. The van der Waals surface area contributed by atoms with Crippen LogP contribution in [0.4, 0.5) is 26.3 Å². The first-order valence-electron chi connectivity index (χ1n) is 15.1. The summed E-state index contributed by atoms with van der Waals surface area (Å²) >= 11 is 0.442. The fraction of sp³-hybridized carbons (Fsp3) is 0.229. The SMILES string of the molecule is O=C(Oc1ccc([C@H](CNCCc2cccc(-c3cccc(CNCc4ccccc4)c3)c2)OC(=O)C(F)(F)F)c2sc(=O)[nH]c12)C(F)(F)F. The van der Waals surface area contributed by atoms with Crippen LogP contribution >= 0.6 is 11.3 Å². The minimum Gasteiger partial charge on any atom is -0.449 e. The molecule has 0 aliphatic heterocycles. The maximum Gasteiger partial charge on any atom is 0.491 e. The smallest absolute Gasteiger partial charge is 0.449 e. The number of nitrogens with one attached hydrogen (secondary N) is 3. The van der Waals surface area contributed by atoms with Gasteiger partial charge in [-0.1, -0.05) is 84.1 Å². The molecule has 4 aromatic carbocycles. The van der Waals surface area contributed by atoms with Crippen molar-refractivity contribution in [2.75, 3.05) is 13.1 Å². The van der Waals surface area contributed by atoms with Gasteiger partial charge in [0.2, 0.25) is 0 Å². The van der Waals surface area contributed by atoms with Crippen LogP contribution in [0.25, 0.3) is 21.3 Å². The van der Waals surface area contributed by atoms with Gasteiger partial charge in [-0.3, -0.25) is 4.79 Å². The molecular formula is C35H29F6N3O5S. The lowest BCUT2D eigenvalue weighted by Crippen LogP contribution is -2.32. The van der Waals surface area contributed by atoms with Gasteiger partial charge in [-0.2, -0.15) is 26.3 Å². The molecule has 0 fully saturated rings. The predicted octanol–water partition coefficient (Wildman–Crippen LogP) is 6.99. The van der Waals surface area contributed by atoms with Gasteiger partial charge >= 0.3 is 29.2 Å². The van der Waals surface area contributed by atoms with E-state index in [2.05, 4.69) is 26.4 Å². The van der Waals surface area contributed by atoms with E-state index < -0.39 is 41.0 Å². The van der Waals surface area contributed by atoms with E-state index in [-0.39, 0.29) is 28.9 Å². The van der Waals surface area contributed by atoms with Gasteiger partial charge < -0.3 is 25.1 Å². The summed E-state index contributed by atoms with van der Waals surface area (Å²) in [6.45, 7) is 1.28. The Morgan fingerprint density at radius 2 is 1.36 bits per heavy atom. The zero-order chi connectivity index (χ0) is 35.9. The molecule has 0 amide bonds. The van der Waals surface area contributed by atoms with E-state index in [0.29, 0.717) is 24.3 Å². The number of thiazole rings is 1. The average Bonchev–Trinajstić information content (AvgIpc) is 3.48. The van der Waals surface area contributed by atoms with Crippen molar-refractivity contribution in [3.63, 3.8) is 0 Å². The first-order valence-corrected chi connectivity index (χ1v) is 16.0. The van der Waals surface area contributed by atoms with Crippen LogP contribution in [-0.4, -0.2) is 42.4 Å². The molecule has 5 aromatic rings. The van der Waals surface area contributed by atoms with Crippen molar-refractivity contribution in [2.24, 2.45) is 0 Å². The van der Waals surface area contributed by atoms with Crippen molar-refractivity contribution in [1.29, 1.82) is 0 Å². The largest absolute Gasteiger partial charge is 0.491 e. The monoisotopic (exact) mass is 717 g/mol. The minimum atomic E-state index is -5.35. The van der Waals surface area contributed by atoms with Crippen LogP contribution in [0.1, 0.15) is 28.4 Å². The molecule has 5 rings (SSSR count). The third kappa shape index (κ3) is 9.58. The van der Waals surface area contributed by atoms with Gasteiger partial charge in [0.05, 0.1) is 4.70 Å². The highest BCUT2D eigenvalue weighted by Gasteiger charge is 2.43. The molecule has 0 bridgehead atoms. The number of aromatic nitrogens is 1. The molecule has 3 N–H and O–H groups in total. The lowest BCUT2D eigenvalue weighted by Gasteiger charge is -2.21. The van der Waals surface area contributed by atoms with Crippen molar-refractivity contribution < 1.29 is 45.4 Å². The molecule has 1 aromatic heterocycles. The third-order valence-corrected chi connectivity index (χ3v) is 8.37. The molecule has 0 aliphatic rings. The number of rotatable bonds is 13. The quantitative estimate of drug-likeness (QED) is 0.0522. The van der Waals surface area contributed by atoms with Gasteiger partial charge in [-0.25, -0.2) is 9.59 Å². The van der Waals surface area contributed by atoms with Crippen LogP contribution in [0.2, 0.25) is 0 Å². The van der Waals surface area contributed by atoms with Gasteiger partial charge in [0, 0.05) is 25.2 Å². The summed E-state index contributed by atoms with van der Waals surface area (Å²) < 4.78 is 86.9. The predicted molar refractivity (Wildman–Crippen MR) is 174 cm³/mol. The molecule has 0 radical (unpaired) electrons. The topological polar surface area (TPSA) is 110 Å². The number of esters is 2. The molecule has 50 heavy (non-hydrogen) atoms. The fourth-order valence-corrected chi connectivity index (χ4v) is 6.03. The van der Waals surface area contributed by atoms with Gasteiger partial charge in [0.25, 0.3) is 0 Å². The Balaban J connectivity index is 1.26. The molecule has 1 atom stereocenters. The molecule has 0 spiro atoms. The van der Waals surface area contributed by atoms with Crippen LogP contribution in [0.3, 0.4) is 0 Å². The number of H-pyrrole nitrogens is 1. The van der Waals surface area contributed by atoms with E-state index in [1.165, 1.54) is 5.56 Å². The molecule has 262 valence electrons. The zero-order valence-corrected chi connectivity index (χ0v) is 26.8. The normalized spacial score (nSPS) is 12.5. The highest BCUT2D eigenvalue weighted by molar-refractivity contribution is 7.16. The first kappa shape index (κ1) is 36.3. The number of alkyl halides is 6. The standard InChI is InChI=1S/C35H29F6N3O5S/c36-34(37,38)31(45)48-27-13-12-26(30-29(27)44-33(47)50-30)28(49-32(46)35(39,40)41)20-42-15-14-21-8-4-10-24(16-21)25-11-5-9-23(17-25)19-43-18-22-6-2-1-3-7-22/h1-13,16-17,28,42-43H,14-15,18-20H2,(H,44,47)/t28-/m0/s1. The van der Waals surface area contributed by atoms with Gasteiger partial charge in [-0.05, 0) is 59.0 Å². The summed E-state index contributed by atoms with van der Waals surface area (Å²) in [5.41, 5.74) is 4.66. The summed E-state index contributed by atoms with van der Waals surface area (Å²) in [6.07, 6.45) is -11.9. The van der Waals surface area contributed by atoms with E-state index >= 15 is 0 Å². The lowest BCUT2D eigenvalue weighted by molar-refractivity contribution is -0.205. The number of hydrogen-bond acceptors (Lipinski definition) is 8. The van der Waals surface area contributed by atoms with Crippen LogP contribution in [-0.2, 0) is 33.8 Å². The van der Waals surface area contributed by atoms with Crippen LogP contribution < -0.4 is 20.2 Å². The van der Waals surface area contributed by atoms with Crippen LogP contribution in [0.5, 0.6) is 5.75 Å². The second kappa shape index (κ2) is 15.7. The van der Waals surface area contributed by atoms with Gasteiger partial charge in [0.1, 0.15) is 11.6 Å². The number of halogens is 6. The Kier molecular flexibility index (Phi) is 11.4. The van der Waals surface area contributed by atoms with E-state index in [4.69, 9.17) is 4.74 Å². The number of benzene rings is 4. The number of carbonyl (C=O) groups excluding carboxylic acids is 2. The molecular weight excluding hydrogens is 688 g/mol. The van der Waals surface area contributed by atoms with Gasteiger partial charge in [0.15, 0.2) is 5.75 Å². The zero-order valence-electron chi connectivity index (χ0n) is 26.0. The maximum atomic E-state index is 13.2. The molecule has 1 heterocycles. The number of fused-ring (bicyclic) bond motifs is 1. The molecule has 0 saturated carbocycles. The number of ether oxygens (including phenoxy) is 2. The highest BCUT2D eigenvalue weighted by Crippen LogP contribution is 2.35. The molecule has 0 saturated heterocycles. The van der Waals surface area contributed by atoms with Crippen LogP contribution in [0, 0.1) is 0 Å². The Morgan fingerprint density at radius 1 is 0.740 bits per heavy atom. The summed E-state index contributed by atoms with van der Waals surface area (Å²) in [7, 11) is 0. The molecule has 0 aliphatic carbocycles. The number of carbonyl (C=O) groups is 2. The van der Waals surface area contributed by atoms with E-state index in [1.54, 1.807) is 0 Å². The third-order valence-electron chi connectivity index (χ3n) is 7.44. The summed E-state index contributed by atoms with van der Waals surface area (Å²) in [4.78, 5) is 36.8. The average molecular weight is 718 g/mol. The summed E-state index contributed by atoms with van der Waals surface area (Å²) in [5.74, 6) is -5.74. The highest BCUT2D eigenvalue weighted by atomic mass is 32.1. The van der Waals surface area contributed by atoms with Crippen molar-refractivity contribution in [2.45, 2.75) is 38.0 Å². The Labute approximate surface area is 285 Å². The van der Waals surface area contributed by atoms with Crippen molar-refractivity contribution in [3.05, 3.63) is 123 Å². The second-order valence-electron chi connectivity index (χ2n) is 11.1. The second-order valence-corrected chi connectivity index (χ2v) is 12.1. The van der Waals surface area contributed by atoms with Gasteiger partial charge in [-0.15, -0.1) is 0 Å². The number of aromatic amines is 1. The Hall–Kier alpha value is -4.99. The van der Waals surface area contributed by atoms with Crippen LogP contribution in [0.15, 0.2) is 95.8 Å². The summed E-state index contributed by atoms with van der Waals surface area (Å²) in [6, 6.07) is 27.7. The minimum absolute atomic E-state index is 0.111. The molecule has 15 heteroatoms. The lowest BCUT2D eigenvalue weighted by atomic mass is 10.00.